The molecule has 0 saturated heterocycles. The molecule has 0 unspecified atom stereocenters. The minimum atomic E-state index is -4.54. The van der Waals surface area contributed by atoms with E-state index in [0.717, 1.165) is 9.35 Å². The van der Waals surface area contributed by atoms with Gasteiger partial charge in [-0.05, 0) is 58.2 Å². The van der Waals surface area contributed by atoms with Gasteiger partial charge in [0.1, 0.15) is 0 Å². The Labute approximate surface area is 159 Å². The fourth-order valence-electron chi connectivity index (χ4n) is 2.46. The number of thiophene rings is 1. The number of amides is 1. The van der Waals surface area contributed by atoms with Crippen LogP contribution < -0.4 is 5.32 Å². The average Bonchev–Trinajstić information content (AvgIpc) is 3.12. The van der Waals surface area contributed by atoms with Crippen molar-refractivity contribution in [3.05, 3.63) is 44.8 Å². The molecule has 2 N–H and O–H groups in total. The van der Waals surface area contributed by atoms with Crippen LogP contribution in [-0.4, -0.2) is 34.4 Å². The number of anilines is 1. The van der Waals surface area contributed by atoms with Crippen molar-refractivity contribution in [3.63, 3.8) is 0 Å². The number of fused-ring (bicyclic) bond motifs is 1. The molecule has 0 aliphatic rings. The van der Waals surface area contributed by atoms with E-state index in [2.05, 4.69) is 31.2 Å². The van der Waals surface area contributed by atoms with Crippen molar-refractivity contribution in [1.29, 1.82) is 0 Å². The van der Waals surface area contributed by atoms with Crippen molar-refractivity contribution in [2.45, 2.75) is 12.7 Å². The number of carbonyl (C=O) groups excluding carboxylic acids is 1. The smallest absolute Gasteiger partial charge is 0.334 e. The standard InChI is InChI=1S/C16H14BrF3N4OS/c1-24(6-9-4-13(17)26-8-9)7-14(25)21-10-2-3-11-12(5-10)23-15(22-11)16(18,19)20/h2-5,8H,6-7H2,1H3,(H,21,25)(H,22,23). The van der Waals surface area contributed by atoms with Crippen LogP contribution in [0.3, 0.4) is 0 Å². The number of rotatable bonds is 5. The fraction of sp³-hybridized carbons (Fsp3) is 0.250. The summed E-state index contributed by atoms with van der Waals surface area (Å²) in [5, 5.41) is 4.69. The molecule has 0 fully saturated rings. The fourth-order valence-corrected chi connectivity index (χ4v) is 3.66. The summed E-state index contributed by atoms with van der Waals surface area (Å²) in [7, 11) is 1.82. The Morgan fingerprint density at radius 2 is 2.15 bits per heavy atom. The zero-order valence-electron chi connectivity index (χ0n) is 13.5. The van der Waals surface area contributed by atoms with Crippen LogP contribution in [0.1, 0.15) is 11.4 Å². The lowest BCUT2D eigenvalue weighted by Gasteiger charge is -2.15. The number of benzene rings is 1. The Kier molecular flexibility index (Phi) is 5.35. The summed E-state index contributed by atoms with van der Waals surface area (Å²) >= 11 is 4.97. The van der Waals surface area contributed by atoms with Gasteiger partial charge in [0.2, 0.25) is 11.7 Å². The molecule has 0 saturated carbocycles. The van der Waals surface area contributed by atoms with Crippen molar-refractivity contribution in [3.8, 4) is 0 Å². The van der Waals surface area contributed by atoms with Gasteiger partial charge in [0.05, 0.1) is 21.4 Å². The molecule has 10 heteroatoms. The van der Waals surface area contributed by atoms with Crippen molar-refractivity contribution in [2.75, 3.05) is 18.9 Å². The summed E-state index contributed by atoms with van der Waals surface area (Å²) in [6, 6.07) is 6.38. The van der Waals surface area contributed by atoms with Gasteiger partial charge in [-0.2, -0.15) is 13.2 Å². The summed E-state index contributed by atoms with van der Waals surface area (Å²) in [5.41, 5.74) is 1.91. The molecule has 0 bridgehead atoms. The molecule has 0 aliphatic heterocycles. The summed E-state index contributed by atoms with van der Waals surface area (Å²) < 4.78 is 39.1. The van der Waals surface area contributed by atoms with E-state index in [-0.39, 0.29) is 23.5 Å². The topological polar surface area (TPSA) is 61.0 Å². The number of aromatic amines is 1. The number of alkyl halides is 3. The van der Waals surface area contributed by atoms with Crippen LogP contribution in [0.15, 0.2) is 33.4 Å². The number of likely N-dealkylation sites (N-methyl/N-ethyl adjacent to an activating group) is 1. The van der Waals surface area contributed by atoms with E-state index in [1.54, 1.807) is 11.3 Å². The van der Waals surface area contributed by atoms with E-state index in [4.69, 9.17) is 0 Å². The highest BCUT2D eigenvalue weighted by Gasteiger charge is 2.34. The molecule has 3 aromatic rings. The van der Waals surface area contributed by atoms with Crippen LogP contribution in [0.5, 0.6) is 0 Å². The van der Waals surface area contributed by atoms with Gasteiger partial charge in [-0.3, -0.25) is 9.69 Å². The molecule has 0 spiro atoms. The zero-order valence-corrected chi connectivity index (χ0v) is 15.9. The normalized spacial score (nSPS) is 12.1. The van der Waals surface area contributed by atoms with Crippen molar-refractivity contribution < 1.29 is 18.0 Å². The number of halogens is 4. The first-order chi connectivity index (χ1) is 12.2. The van der Waals surface area contributed by atoms with E-state index in [1.807, 2.05) is 23.4 Å². The first kappa shape index (κ1) is 18.9. The molecule has 3 rings (SSSR count). The van der Waals surface area contributed by atoms with Crippen LogP contribution in [-0.2, 0) is 17.5 Å². The minimum absolute atomic E-state index is 0.155. The second-order valence-corrected chi connectivity index (χ2v) is 8.09. The Morgan fingerprint density at radius 1 is 1.38 bits per heavy atom. The number of nitrogens with zero attached hydrogens (tertiary/aromatic N) is 2. The van der Waals surface area contributed by atoms with Crippen LogP contribution in [0.25, 0.3) is 11.0 Å². The van der Waals surface area contributed by atoms with Crippen molar-refractivity contribution in [2.24, 2.45) is 0 Å². The SMILES string of the molecule is CN(CC(=O)Nc1ccc2nc(C(F)(F)F)[nH]c2c1)Cc1csc(Br)c1. The highest BCUT2D eigenvalue weighted by molar-refractivity contribution is 9.11. The molecule has 2 aromatic heterocycles. The van der Waals surface area contributed by atoms with Gasteiger partial charge in [0.15, 0.2) is 0 Å². The van der Waals surface area contributed by atoms with Gasteiger partial charge >= 0.3 is 6.18 Å². The Bertz CT molecular complexity index is 937. The van der Waals surface area contributed by atoms with Crippen molar-refractivity contribution in [1.82, 2.24) is 14.9 Å². The van der Waals surface area contributed by atoms with Crippen LogP contribution >= 0.6 is 27.3 Å². The maximum atomic E-state index is 12.7. The highest BCUT2D eigenvalue weighted by atomic mass is 79.9. The lowest BCUT2D eigenvalue weighted by Crippen LogP contribution is -2.29. The van der Waals surface area contributed by atoms with E-state index in [0.29, 0.717) is 12.2 Å². The number of imidazole rings is 1. The number of aromatic nitrogens is 2. The minimum Gasteiger partial charge on any atom is -0.334 e. The Balaban J connectivity index is 1.63. The number of hydrogen-bond donors (Lipinski definition) is 2. The molecule has 26 heavy (non-hydrogen) atoms. The van der Waals surface area contributed by atoms with E-state index < -0.39 is 12.0 Å². The third kappa shape index (κ3) is 4.63. The molecule has 138 valence electrons. The second kappa shape index (κ2) is 7.37. The molecule has 0 atom stereocenters. The number of carbonyl (C=O) groups is 1. The number of H-pyrrole nitrogens is 1. The maximum Gasteiger partial charge on any atom is 0.449 e. The predicted octanol–water partition coefficient (Wildman–Crippen LogP) is 4.48. The number of hydrogen-bond acceptors (Lipinski definition) is 4. The second-order valence-electron chi connectivity index (χ2n) is 5.79. The number of nitrogens with one attached hydrogen (secondary N) is 2. The first-order valence-corrected chi connectivity index (χ1v) is 9.16. The monoisotopic (exact) mass is 446 g/mol. The maximum absolute atomic E-state index is 12.7. The van der Waals surface area contributed by atoms with Gasteiger partial charge in [-0.15, -0.1) is 11.3 Å². The molecule has 0 aliphatic carbocycles. The first-order valence-electron chi connectivity index (χ1n) is 7.49. The van der Waals surface area contributed by atoms with E-state index in [1.165, 1.54) is 18.2 Å². The molecular formula is C16H14BrF3N4OS. The lowest BCUT2D eigenvalue weighted by molar-refractivity contribution is -0.144. The summed E-state index contributed by atoms with van der Waals surface area (Å²) in [6.07, 6.45) is -4.54. The van der Waals surface area contributed by atoms with Crippen LogP contribution in [0.4, 0.5) is 18.9 Å². The molecule has 1 aromatic carbocycles. The van der Waals surface area contributed by atoms with Gasteiger partial charge in [-0.25, -0.2) is 4.98 Å². The molecule has 1 amide bonds. The lowest BCUT2D eigenvalue weighted by atomic mass is 10.2. The van der Waals surface area contributed by atoms with Gasteiger partial charge in [-0.1, -0.05) is 0 Å². The largest absolute Gasteiger partial charge is 0.449 e. The average molecular weight is 447 g/mol. The van der Waals surface area contributed by atoms with Gasteiger partial charge < -0.3 is 10.3 Å². The molecule has 0 radical (unpaired) electrons. The molecule has 2 heterocycles. The van der Waals surface area contributed by atoms with Gasteiger partial charge in [0, 0.05) is 12.2 Å². The highest BCUT2D eigenvalue weighted by Crippen LogP contribution is 2.29. The molecular weight excluding hydrogens is 433 g/mol. The summed E-state index contributed by atoms with van der Waals surface area (Å²) in [4.78, 5) is 19.7. The van der Waals surface area contributed by atoms with Crippen LogP contribution in [0.2, 0.25) is 0 Å². The Morgan fingerprint density at radius 3 is 2.81 bits per heavy atom. The van der Waals surface area contributed by atoms with Gasteiger partial charge in [0.25, 0.3) is 0 Å². The van der Waals surface area contributed by atoms with Crippen molar-refractivity contribution >= 4 is 49.9 Å². The van der Waals surface area contributed by atoms with E-state index in [9.17, 15) is 18.0 Å². The third-order valence-corrected chi connectivity index (χ3v) is 5.08. The summed E-state index contributed by atoms with van der Waals surface area (Å²) in [6.45, 7) is 0.770. The predicted molar refractivity (Wildman–Crippen MR) is 98.1 cm³/mol. The van der Waals surface area contributed by atoms with E-state index >= 15 is 0 Å². The van der Waals surface area contributed by atoms with Crippen LogP contribution in [0, 0.1) is 0 Å². The quantitative estimate of drug-likeness (QED) is 0.607. The zero-order chi connectivity index (χ0) is 18.9. The summed E-state index contributed by atoms with van der Waals surface area (Å²) in [5.74, 6) is -1.31. The Hall–Kier alpha value is -1.91. The third-order valence-electron chi connectivity index (χ3n) is 3.52. The molecule has 5 nitrogen and oxygen atoms in total.